The molecule has 2 aromatic rings. The maximum Gasteiger partial charge on any atom is 0.269 e. The highest BCUT2D eigenvalue weighted by molar-refractivity contribution is 5.93. The number of rotatable bonds is 7. The van der Waals surface area contributed by atoms with Crippen LogP contribution in [0, 0.1) is 0 Å². The lowest BCUT2D eigenvalue weighted by Gasteiger charge is -2.09. The fourth-order valence-corrected chi connectivity index (χ4v) is 1.94. The fourth-order valence-electron chi connectivity index (χ4n) is 1.94. The van der Waals surface area contributed by atoms with Crippen LogP contribution < -0.4 is 15.4 Å². The molecule has 22 heavy (non-hydrogen) atoms. The summed E-state index contributed by atoms with van der Waals surface area (Å²) in [6.45, 7) is 2.76. The van der Waals surface area contributed by atoms with Gasteiger partial charge in [0.25, 0.3) is 5.91 Å². The lowest BCUT2D eigenvalue weighted by molar-refractivity contribution is 0.0948. The number of methoxy groups -OCH3 is 1. The van der Waals surface area contributed by atoms with Crippen LogP contribution in [0.2, 0.25) is 0 Å². The predicted molar refractivity (Wildman–Crippen MR) is 87.8 cm³/mol. The molecule has 1 amide bonds. The van der Waals surface area contributed by atoms with E-state index in [0.29, 0.717) is 12.2 Å². The summed E-state index contributed by atoms with van der Waals surface area (Å²) in [5.74, 6) is 0.656. The van der Waals surface area contributed by atoms with Gasteiger partial charge in [-0.05, 0) is 42.8 Å². The molecule has 1 aromatic heterocycles. The summed E-state index contributed by atoms with van der Waals surface area (Å²) < 4.78 is 5.13. The Kier molecular flexibility index (Phi) is 5.77. The van der Waals surface area contributed by atoms with Crippen molar-refractivity contribution in [3.05, 3.63) is 48.3 Å². The van der Waals surface area contributed by atoms with Gasteiger partial charge in [-0.2, -0.15) is 0 Å². The summed E-state index contributed by atoms with van der Waals surface area (Å²) in [6, 6.07) is 11.2. The SMILES string of the molecule is CCCCNC(=O)c1cc(Nc2ccc(OC)cc2)ccn1. The zero-order chi connectivity index (χ0) is 15.8. The topological polar surface area (TPSA) is 63.2 Å². The van der Waals surface area contributed by atoms with Crippen LogP contribution in [0.15, 0.2) is 42.6 Å². The number of anilines is 2. The molecule has 0 saturated heterocycles. The van der Waals surface area contributed by atoms with Crippen LogP contribution in [0.25, 0.3) is 0 Å². The van der Waals surface area contributed by atoms with Crippen molar-refractivity contribution < 1.29 is 9.53 Å². The third kappa shape index (κ3) is 4.48. The summed E-state index contributed by atoms with van der Waals surface area (Å²) in [7, 11) is 1.63. The van der Waals surface area contributed by atoms with Crippen LogP contribution in [0.3, 0.4) is 0 Å². The molecule has 0 atom stereocenters. The molecular formula is C17H21N3O2. The highest BCUT2D eigenvalue weighted by atomic mass is 16.5. The maximum absolute atomic E-state index is 12.0. The quantitative estimate of drug-likeness (QED) is 0.769. The van der Waals surface area contributed by atoms with Crippen LogP contribution in [0.1, 0.15) is 30.3 Å². The molecule has 0 aliphatic carbocycles. The van der Waals surface area contributed by atoms with Crippen LogP contribution in [0.4, 0.5) is 11.4 Å². The molecule has 0 radical (unpaired) electrons. The highest BCUT2D eigenvalue weighted by Gasteiger charge is 2.07. The number of carbonyl (C=O) groups excluding carboxylic acids is 1. The largest absolute Gasteiger partial charge is 0.497 e. The van der Waals surface area contributed by atoms with E-state index in [4.69, 9.17) is 4.74 Å². The summed E-state index contributed by atoms with van der Waals surface area (Å²) >= 11 is 0. The maximum atomic E-state index is 12.0. The van der Waals surface area contributed by atoms with E-state index < -0.39 is 0 Å². The Balaban J connectivity index is 2.02. The first kappa shape index (κ1) is 15.8. The van der Waals surface area contributed by atoms with Crippen molar-refractivity contribution in [3.8, 4) is 5.75 Å². The minimum absolute atomic E-state index is 0.146. The number of benzene rings is 1. The number of nitrogens with zero attached hydrogens (tertiary/aromatic N) is 1. The van der Waals surface area contributed by atoms with Crippen LogP contribution in [-0.4, -0.2) is 24.5 Å². The molecule has 1 aromatic carbocycles. The van der Waals surface area contributed by atoms with E-state index in [-0.39, 0.29) is 5.91 Å². The van der Waals surface area contributed by atoms with Crippen molar-refractivity contribution in [3.63, 3.8) is 0 Å². The van der Waals surface area contributed by atoms with Gasteiger partial charge in [-0.1, -0.05) is 13.3 Å². The number of hydrogen-bond acceptors (Lipinski definition) is 4. The van der Waals surface area contributed by atoms with Gasteiger partial charge in [0.15, 0.2) is 0 Å². The first-order chi connectivity index (χ1) is 10.7. The molecule has 2 N–H and O–H groups in total. The Morgan fingerprint density at radius 3 is 2.64 bits per heavy atom. The zero-order valence-electron chi connectivity index (χ0n) is 12.9. The van der Waals surface area contributed by atoms with Crippen LogP contribution in [-0.2, 0) is 0 Å². The Morgan fingerprint density at radius 1 is 1.18 bits per heavy atom. The number of aromatic nitrogens is 1. The van der Waals surface area contributed by atoms with Gasteiger partial charge in [0.2, 0.25) is 0 Å². The molecule has 5 nitrogen and oxygen atoms in total. The number of ether oxygens (including phenoxy) is 1. The van der Waals surface area contributed by atoms with Gasteiger partial charge in [0.1, 0.15) is 11.4 Å². The van der Waals surface area contributed by atoms with Crippen molar-refractivity contribution >= 4 is 17.3 Å². The van der Waals surface area contributed by atoms with Crippen molar-refractivity contribution in [1.82, 2.24) is 10.3 Å². The Labute approximate surface area is 130 Å². The van der Waals surface area contributed by atoms with E-state index in [9.17, 15) is 4.79 Å². The normalized spacial score (nSPS) is 10.1. The van der Waals surface area contributed by atoms with Gasteiger partial charge < -0.3 is 15.4 Å². The molecule has 0 aliphatic heterocycles. The van der Waals surface area contributed by atoms with E-state index in [1.54, 1.807) is 19.4 Å². The number of amides is 1. The molecule has 0 saturated carbocycles. The first-order valence-electron chi connectivity index (χ1n) is 7.38. The summed E-state index contributed by atoms with van der Waals surface area (Å²) in [5.41, 5.74) is 2.15. The molecule has 2 rings (SSSR count). The highest BCUT2D eigenvalue weighted by Crippen LogP contribution is 2.20. The van der Waals surface area contributed by atoms with Crippen molar-refractivity contribution in [2.75, 3.05) is 19.0 Å². The fraction of sp³-hybridized carbons (Fsp3) is 0.294. The number of carbonyl (C=O) groups is 1. The third-order valence-electron chi connectivity index (χ3n) is 3.19. The second-order valence-electron chi connectivity index (χ2n) is 4.89. The monoisotopic (exact) mass is 299 g/mol. The number of unbranched alkanes of at least 4 members (excludes halogenated alkanes) is 1. The van der Waals surface area contributed by atoms with Gasteiger partial charge in [0.05, 0.1) is 7.11 Å². The second kappa shape index (κ2) is 8.02. The van der Waals surface area contributed by atoms with Crippen LogP contribution in [0.5, 0.6) is 5.75 Å². The zero-order valence-corrected chi connectivity index (χ0v) is 12.9. The van der Waals surface area contributed by atoms with E-state index in [0.717, 1.165) is 30.0 Å². The van der Waals surface area contributed by atoms with Gasteiger partial charge in [-0.15, -0.1) is 0 Å². The molecule has 0 fully saturated rings. The summed E-state index contributed by atoms with van der Waals surface area (Å²) in [4.78, 5) is 16.1. The minimum Gasteiger partial charge on any atom is -0.497 e. The van der Waals surface area contributed by atoms with Gasteiger partial charge >= 0.3 is 0 Å². The smallest absolute Gasteiger partial charge is 0.269 e. The predicted octanol–water partition coefficient (Wildman–Crippen LogP) is 3.36. The van der Waals surface area contributed by atoms with Gasteiger partial charge in [-0.3, -0.25) is 9.78 Å². The summed E-state index contributed by atoms with van der Waals surface area (Å²) in [5, 5.41) is 6.10. The summed E-state index contributed by atoms with van der Waals surface area (Å²) in [6.07, 6.45) is 3.64. The van der Waals surface area contributed by atoms with Crippen molar-refractivity contribution in [2.24, 2.45) is 0 Å². The molecule has 5 heteroatoms. The van der Waals surface area contributed by atoms with E-state index in [1.807, 2.05) is 30.3 Å². The van der Waals surface area contributed by atoms with Crippen LogP contribution >= 0.6 is 0 Å². The molecule has 116 valence electrons. The lowest BCUT2D eigenvalue weighted by atomic mass is 10.2. The Hall–Kier alpha value is -2.56. The molecule has 0 spiro atoms. The minimum atomic E-state index is -0.146. The third-order valence-corrected chi connectivity index (χ3v) is 3.19. The van der Waals surface area contributed by atoms with Crippen molar-refractivity contribution in [2.45, 2.75) is 19.8 Å². The molecule has 0 unspecified atom stereocenters. The number of pyridine rings is 1. The van der Waals surface area contributed by atoms with E-state index in [2.05, 4.69) is 22.5 Å². The second-order valence-corrected chi connectivity index (χ2v) is 4.89. The standard InChI is InChI=1S/C17H21N3O2/c1-3-4-10-19-17(21)16-12-14(9-11-18-16)20-13-5-7-15(22-2)8-6-13/h5-9,11-12H,3-4,10H2,1-2H3,(H,18,20)(H,19,21). The average Bonchev–Trinajstić information content (AvgIpc) is 2.56. The van der Waals surface area contributed by atoms with E-state index >= 15 is 0 Å². The van der Waals surface area contributed by atoms with Gasteiger partial charge in [0, 0.05) is 24.1 Å². The first-order valence-corrected chi connectivity index (χ1v) is 7.38. The molecular weight excluding hydrogens is 278 g/mol. The molecule has 0 aliphatic rings. The van der Waals surface area contributed by atoms with Crippen molar-refractivity contribution in [1.29, 1.82) is 0 Å². The van der Waals surface area contributed by atoms with Gasteiger partial charge in [-0.25, -0.2) is 0 Å². The molecule has 1 heterocycles. The Bertz CT molecular complexity index is 612. The average molecular weight is 299 g/mol. The lowest BCUT2D eigenvalue weighted by Crippen LogP contribution is -2.25. The Morgan fingerprint density at radius 2 is 1.95 bits per heavy atom. The number of hydrogen-bond donors (Lipinski definition) is 2. The van der Waals surface area contributed by atoms with E-state index in [1.165, 1.54) is 0 Å². The number of nitrogens with one attached hydrogen (secondary N) is 2. The molecule has 0 bridgehead atoms.